The van der Waals surface area contributed by atoms with Crippen molar-refractivity contribution >= 4 is 40.3 Å². The summed E-state index contributed by atoms with van der Waals surface area (Å²) in [6.45, 7) is 8.84. The second kappa shape index (κ2) is 7.11. The molecule has 0 aliphatic carbocycles. The van der Waals surface area contributed by atoms with Crippen molar-refractivity contribution in [1.82, 2.24) is 5.32 Å². The average molecular weight is 404 g/mol. The van der Waals surface area contributed by atoms with Gasteiger partial charge in [-0.05, 0) is 81.0 Å². The van der Waals surface area contributed by atoms with Crippen LogP contribution in [0.1, 0.15) is 33.3 Å². The van der Waals surface area contributed by atoms with Gasteiger partial charge in [0.1, 0.15) is 11.6 Å². The van der Waals surface area contributed by atoms with Gasteiger partial charge in [-0.2, -0.15) is 0 Å². The Hall–Kier alpha value is -1.31. The number of halogens is 1. The third kappa shape index (κ3) is 6.33. The number of carbonyl (C=O) groups is 2. The summed E-state index contributed by atoms with van der Waals surface area (Å²) >= 11 is 2.21. The van der Waals surface area contributed by atoms with Crippen molar-refractivity contribution in [2.75, 3.05) is 5.32 Å². The molecule has 116 valence electrons. The average Bonchev–Trinajstić information content (AvgIpc) is 2.29. The topological polar surface area (TPSA) is 67.4 Å². The van der Waals surface area contributed by atoms with Gasteiger partial charge in [0, 0.05) is 9.26 Å². The second-order valence-corrected chi connectivity index (χ2v) is 7.06. The molecule has 2 N–H and O–H groups in total. The Morgan fingerprint density at radius 3 is 2.43 bits per heavy atom. The molecule has 5 nitrogen and oxygen atoms in total. The first-order chi connectivity index (χ1) is 9.58. The molecular formula is C15H21IN2O3. The van der Waals surface area contributed by atoms with E-state index in [9.17, 15) is 9.59 Å². The predicted molar refractivity (Wildman–Crippen MR) is 91.4 cm³/mol. The molecule has 21 heavy (non-hydrogen) atoms. The molecular weight excluding hydrogens is 383 g/mol. The third-order valence-corrected chi connectivity index (χ3v) is 3.24. The summed E-state index contributed by atoms with van der Waals surface area (Å²) in [5, 5.41) is 5.31. The minimum atomic E-state index is -0.682. The number of anilines is 1. The minimum Gasteiger partial charge on any atom is -0.444 e. The first kappa shape index (κ1) is 17.7. The summed E-state index contributed by atoms with van der Waals surface area (Å²) in [7, 11) is 0. The van der Waals surface area contributed by atoms with Crippen LogP contribution in [-0.2, 0) is 9.53 Å². The van der Waals surface area contributed by atoms with Crippen LogP contribution in [-0.4, -0.2) is 23.6 Å². The Kier molecular flexibility index (Phi) is 6.00. The van der Waals surface area contributed by atoms with Gasteiger partial charge in [0.15, 0.2) is 0 Å². The van der Waals surface area contributed by atoms with E-state index in [1.165, 1.54) is 0 Å². The zero-order chi connectivity index (χ0) is 16.2. The molecule has 0 fully saturated rings. The van der Waals surface area contributed by atoms with Crippen LogP contribution in [0.25, 0.3) is 0 Å². The highest BCUT2D eigenvalue weighted by Crippen LogP contribution is 2.17. The molecule has 0 bridgehead atoms. The zero-order valence-electron chi connectivity index (χ0n) is 12.9. The summed E-state index contributed by atoms with van der Waals surface area (Å²) < 4.78 is 6.22. The number of amides is 2. The van der Waals surface area contributed by atoms with E-state index in [0.717, 1.165) is 14.8 Å². The molecule has 1 atom stereocenters. The van der Waals surface area contributed by atoms with Crippen LogP contribution in [0.15, 0.2) is 18.2 Å². The molecule has 0 aliphatic heterocycles. The maximum atomic E-state index is 12.1. The van der Waals surface area contributed by atoms with E-state index in [1.807, 2.05) is 25.1 Å². The molecule has 0 aliphatic rings. The van der Waals surface area contributed by atoms with Gasteiger partial charge in [0.2, 0.25) is 5.91 Å². The van der Waals surface area contributed by atoms with Crippen LogP contribution in [0.3, 0.4) is 0 Å². The molecule has 0 saturated carbocycles. The summed E-state index contributed by atoms with van der Waals surface area (Å²) in [6, 6.07) is 5.05. The monoisotopic (exact) mass is 404 g/mol. The SMILES string of the molecule is Cc1cc(I)ccc1NC(=O)[C@H](C)NC(=O)OC(C)(C)C. The van der Waals surface area contributed by atoms with Crippen molar-refractivity contribution in [3.63, 3.8) is 0 Å². The normalized spacial score (nSPS) is 12.5. The minimum absolute atomic E-state index is 0.287. The van der Waals surface area contributed by atoms with Crippen LogP contribution < -0.4 is 10.6 Å². The molecule has 0 unspecified atom stereocenters. The van der Waals surface area contributed by atoms with E-state index >= 15 is 0 Å². The predicted octanol–water partition coefficient (Wildman–Crippen LogP) is 3.45. The molecule has 0 radical (unpaired) electrons. The van der Waals surface area contributed by atoms with E-state index in [2.05, 4.69) is 33.2 Å². The molecule has 0 spiro atoms. The zero-order valence-corrected chi connectivity index (χ0v) is 15.1. The Morgan fingerprint density at radius 1 is 1.29 bits per heavy atom. The molecule has 1 rings (SSSR count). The standard InChI is InChI=1S/C15H21IN2O3/c1-9-8-11(16)6-7-12(9)18-13(19)10(2)17-14(20)21-15(3,4)5/h6-8,10H,1-5H3,(H,17,20)(H,18,19)/t10-/m0/s1. The highest BCUT2D eigenvalue weighted by atomic mass is 127. The van der Waals surface area contributed by atoms with Gasteiger partial charge in [-0.3, -0.25) is 4.79 Å². The van der Waals surface area contributed by atoms with E-state index in [1.54, 1.807) is 27.7 Å². The van der Waals surface area contributed by atoms with E-state index in [0.29, 0.717) is 0 Å². The summed E-state index contributed by atoms with van der Waals surface area (Å²) in [4.78, 5) is 23.7. The van der Waals surface area contributed by atoms with Gasteiger partial charge < -0.3 is 15.4 Å². The van der Waals surface area contributed by atoms with Gasteiger partial charge in [-0.1, -0.05) is 0 Å². The lowest BCUT2D eigenvalue weighted by atomic mass is 10.2. The lowest BCUT2D eigenvalue weighted by molar-refractivity contribution is -0.117. The molecule has 1 aromatic carbocycles. The molecule has 0 heterocycles. The molecule has 1 aromatic rings. The third-order valence-electron chi connectivity index (χ3n) is 2.57. The van der Waals surface area contributed by atoms with Gasteiger partial charge >= 0.3 is 6.09 Å². The van der Waals surface area contributed by atoms with Crippen LogP contribution in [0.2, 0.25) is 0 Å². The Bertz CT molecular complexity index is 538. The van der Waals surface area contributed by atoms with Crippen molar-refractivity contribution in [3.05, 3.63) is 27.3 Å². The molecule has 2 amide bonds. The van der Waals surface area contributed by atoms with Crippen LogP contribution in [0.4, 0.5) is 10.5 Å². The quantitative estimate of drug-likeness (QED) is 0.759. The van der Waals surface area contributed by atoms with E-state index < -0.39 is 17.7 Å². The number of rotatable bonds is 3. The number of nitrogens with one attached hydrogen (secondary N) is 2. The fraction of sp³-hybridized carbons (Fsp3) is 0.467. The van der Waals surface area contributed by atoms with Crippen molar-refractivity contribution in [3.8, 4) is 0 Å². The van der Waals surface area contributed by atoms with Gasteiger partial charge in [-0.25, -0.2) is 4.79 Å². The van der Waals surface area contributed by atoms with Crippen molar-refractivity contribution in [2.45, 2.75) is 46.3 Å². The van der Waals surface area contributed by atoms with Crippen LogP contribution in [0, 0.1) is 10.5 Å². The fourth-order valence-corrected chi connectivity index (χ4v) is 2.21. The number of hydrogen-bond acceptors (Lipinski definition) is 3. The van der Waals surface area contributed by atoms with E-state index in [4.69, 9.17) is 4.74 Å². The first-order valence-corrected chi connectivity index (χ1v) is 7.73. The Balaban J connectivity index is 2.61. The lowest BCUT2D eigenvalue weighted by Crippen LogP contribution is -2.44. The fourth-order valence-electron chi connectivity index (χ4n) is 1.56. The van der Waals surface area contributed by atoms with Gasteiger partial charge in [0.25, 0.3) is 0 Å². The largest absolute Gasteiger partial charge is 0.444 e. The van der Waals surface area contributed by atoms with Crippen LogP contribution in [0.5, 0.6) is 0 Å². The lowest BCUT2D eigenvalue weighted by Gasteiger charge is -2.21. The van der Waals surface area contributed by atoms with Crippen molar-refractivity contribution in [2.24, 2.45) is 0 Å². The highest BCUT2D eigenvalue weighted by molar-refractivity contribution is 14.1. The summed E-state index contributed by atoms with van der Waals surface area (Å²) in [5.41, 5.74) is 1.12. The van der Waals surface area contributed by atoms with Gasteiger partial charge in [0.05, 0.1) is 0 Å². The molecule has 0 saturated heterocycles. The number of aryl methyl sites for hydroxylation is 1. The smallest absolute Gasteiger partial charge is 0.408 e. The van der Waals surface area contributed by atoms with Crippen molar-refractivity contribution < 1.29 is 14.3 Å². The molecule has 0 aromatic heterocycles. The summed E-state index contributed by atoms with van der Waals surface area (Å²) in [6.07, 6.45) is -0.607. The van der Waals surface area contributed by atoms with Gasteiger partial charge in [-0.15, -0.1) is 0 Å². The summed E-state index contributed by atoms with van der Waals surface area (Å²) in [5.74, 6) is -0.287. The first-order valence-electron chi connectivity index (χ1n) is 6.65. The van der Waals surface area contributed by atoms with Crippen LogP contribution >= 0.6 is 22.6 Å². The second-order valence-electron chi connectivity index (χ2n) is 5.82. The molecule has 6 heteroatoms. The number of hydrogen-bond donors (Lipinski definition) is 2. The maximum absolute atomic E-state index is 12.1. The van der Waals surface area contributed by atoms with Crippen molar-refractivity contribution in [1.29, 1.82) is 0 Å². The number of benzene rings is 1. The maximum Gasteiger partial charge on any atom is 0.408 e. The Labute approximate surface area is 139 Å². The number of ether oxygens (including phenoxy) is 1. The van der Waals surface area contributed by atoms with E-state index in [-0.39, 0.29) is 5.91 Å². The number of carbonyl (C=O) groups excluding carboxylic acids is 2. The highest BCUT2D eigenvalue weighted by Gasteiger charge is 2.21. The number of alkyl carbamates (subject to hydrolysis) is 1. The Morgan fingerprint density at radius 2 is 1.90 bits per heavy atom.